The van der Waals surface area contributed by atoms with Gasteiger partial charge in [0.15, 0.2) is 0 Å². The number of nitrogens with zero attached hydrogens (tertiary/aromatic N) is 5. The van der Waals surface area contributed by atoms with E-state index in [4.69, 9.17) is 0 Å². The highest BCUT2D eigenvalue weighted by atomic mass is 19.1. The molecule has 0 aliphatic carbocycles. The van der Waals surface area contributed by atoms with Gasteiger partial charge in [-0.05, 0) is 38.0 Å². The van der Waals surface area contributed by atoms with E-state index in [0.717, 1.165) is 34.7 Å². The maximum absolute atomic E-state index is 13.1. The highest BCUT2D eigenvalue weighted by Gasteiger charge is 2.27. The van der Waals surface area contributed by atoms with Crippen molar-refractivity contribution >= 4 is 11.7 Å². The molecule has 3 aromatic heterocycles. The van der Waals surface area contributed by atoms with Gasteiger partial charge in [-0.1, -0.05) is 5.92 Å². The van der Waals surface area contributed by atoms with Crippen LogP contribution in [0, 0.1) is 24.6 Å². The van der Waals surface area contributed by atoms with Crippen LogP contribution in [0.2, 0.25) is 0 Å². The predicted molar refractivity (Wildman–Crippen MR) is 110 cm³/mol. The van der Waals surface area contributed by atoms with Crippen LogP contribution in [0.3, 0.4) is 0 Å². The standard InChI is InChI=1S/C22H21FN6O/c1-14(19-7-5-17(23)12-26-19)27-22(30)29-9-8-20-21(29)10-16(11-25-20)4-6-18-13-24-15(2)28(18)3/h5,7,10-14H,8-9H2,1-3H3,(H,27,30)/t14-/m0/s1. The second kappa shape index (κ2) is 7.95. The lowest BCUT2D eigenvalue weighted by Gasteiger charge is -2.21. The number of amides is 2. The molecular formula is C22H21FN6O. The van der Waals surface area contributed by atoms with E-state index in [0.29, 0.717) is 18.7 Å². The fourth-order valence-corrected chi connectivity index (χ4v) is 3.26. The van der Waals surface area contributed by atoms with Gasteiger partial charge in [-0.2, -0.15) is 0 Å². The molecule has 1 aliphatic heterocycles. The quantitative estimate of drug-likeness (QED) is 0.667. The molecule has 4 rings (SSSR count). The number of carbonyl (C=O) groups excluding carboxylic acids is 1. The second-order valence-electron chi connectivity index (χ2n) is 7.16. The van der Waals surface area contributed by atoms with Crippen molar-refractivity contribution in [2.75, 3.05) is 11.4 Å². The van der Waals surface area contributed by atoms with Gasteiger partial charge in [0.05, 0.1) is 35.5 Å². The molecule has 0 fully saturated rings. The third-order valence-corrected chi connectivity index (χ3v) is 5.14. The van der Waals surface area contributed by atoms with Gasteiger partial charge in [0, 0.05) is 31.8 Å². The van der Waals surface area contributed by atoms with Crippen molar-refractivity contribution < 1.29 is 9.18 Å². The molecule has 152 valence electrons. The number of rotatable bonds is 2. The summed E-state index contributed by atoms with van der Waals surface area (Å²) in [6.45, 7) is 4.27. The van der Waals surface area contributed by atoms with Gasteiger partial charge in [-0.15, -0.1) is 0 Å². The largest absolute Gasteiger partial charge is 0.330 e. The highest BCUT2D eigenvalue weighted by Crippen LogP contribution is 2.27. The van der Waals surface area contributed by atoms with E-state index in [1.165, 1.54) is 6.07 Å². The zero-order valence-corrected chi connectivity index (χ0v) is 17.0. The Hall–Kier alpha value is -3.73. The van der Waals surface area contributed by atoms with Crippen LogP contribution in [0.25, 0.3) is 0 Å². The van der Waals surface area contributed by atoms with Crippen LogP contribution >= 0.6 is 0 Å². The topological polar surface area (TPSA) is 75.9 Å². The van der Waals surface area contributed by atoms with Crippen LogP contribution in [0.5, 0.6) is 0 Å². The zero-order valence-electron chi connectivity index (χ0n) is 17.0. The Morgan fingerprint density at radius 2 is 2.03 bits per heavy atom. The number of anilines is 1. The molecular weight excluding hydrogens is 383 g/mol. The average molecular weight is 404 g/mol. The molecule has 0 radical (unpaired) electrons. The number of imidazole rings is 1. The molecule has 2 amide bonds. The van der Waals surface area contributed by atoms with E-state index >= 15 is 0 Å². The fourth-order valence-electron chi connectivity index (χ4n) is 3.26. The smallest absolute Gasteiger partial charge is 0.322 e. The molecule has 0 saturated carbocycles. The Bertz CT molecular complexity index is 1160. The Morgan fingerprint density at radius 3 is 2.73 bits per heavy atom. The number of hydrogen-bond donors (Lipinski definition) is 1. The maximum Gasteiger partial charge on any atom is 0.322 e. The zero-order chi connectivity index (χ0) is 21.3. The molecule has 1 aliphatic rings. The van der Waals surface area contributed by atoms with Crippen molar-refractivity contribution in [2.45, 2.75) is 26.3 Å². The highest BCUT2D eigenvalue weighted by molar-refractivity contribution is 5.94. The number of halogens is 1. The monoisotopic (exact) mass is 404 g/mol. The Kier molecular flexibility index (Phi) is 5.19. The number of hydrogen-bond acceptors (Lipinski definition) is 4. The number of aromatic nitrogens is 4. The van der Waals surface area contributed by atoms with Gasteiger partial charge in [-0.3, -0.25) is 14.9 Å². The molecule has 0 aromatic carbocycles. The number of pyridine rings is 2. The van der Waals surface area contributed by atoms with E-state index in [1.54, 1.807) is 23.4 Å². The fraction of sp³-hybridized carbons (Fsp3) is 0.273. The molecule has 0 unspecified atom stereocenters. The minimum atomic E-state index is -0.410. The third-order valence-electron chi connectivity index (χ3n) is 5.14. The number of urea groups is 1. The van der Waals surface area contributed by atoms with Gasteiger partial charge < -0.3 is 9.88 Å². The van der Waals surface area contributed by atoms with Crippen LogP contribution in [-0.4, -0.2) is 32.1 Å². The van der Waals surface area contributed by atoms with Gasteiger partial charge in [0.2, 0.25) is 0 Å². The minimum absolute atomic E-state index is 0.249. The first-order valence-corrected chi connectivity index (χ1v) is 9.61. The van der Waals surface area contributed by atoms with Gasteiger partial charge in [0.1, 0.15) is 17.3 Å². The van der Waals surface area contributed by atoms with Crippen molar-refractivity contribution in [3.05, 3.63) is 71.1 Å². The summed E-state index contributed by atoms with van der Waals surface area (Å²) in [5.41, 5.74) is 3.73. The lowest BCUT2D eigenvalue weighted by Crippen LogP contribution is -2.40. The van der Waals surface area contributed by atoms with Gasteiger partial charge >= 0.3 is 6.03 Å². The van der Waals surface area contributed by atoms with Crippen molar-refractivity contribution in [3.63, 3.8) is 0 Å². The van der Waals surface area contributed by atoms with Crippen LogP contribution < -0.4 is 10.2 Å². The number of aryl methyl sites for hydroxylation is 1. The molecule has 1 atom stereocenters. The third kappa shape index (κ3) is 3.87. The van der Waals surface area contributed by atoms with Crippen LogP contribution in [0.4, 0.5) is 14.9 Å². The summed E-state index contributed by atoms with van der Waals surface area (Å²) < 4.78 is 15.0. The van der Waals surface area contributed by atoms with Gasteiger partial charge in [-0.25, -0.2) is 14.2 Å². The van der Waals surface area contributed by atoms with Crippen LogP contribution in [0.1, 0.15) is 41.4 Å². The average Bonchev–Trinajstić information content (AvgIpc) is 3.30. The summed E-state index contributed by atoms with van der Waals surface area (Å²) in [7, 11) is 1.91. The Morgan fingerprint density at radius 1 is 1.20 bits per heavy atom. The summed E-state index contributed by atoms with van der Waals surface area (Å²) in [4.78, 5) is 27.2. The minimum Gasteiger partial charge on any atom is -0.330 e. The van der Waals surface area contributed by atoms with E-state index in [1.807, 2.05) is 31.5 Å². The molecule has 7 nitrogen and oxygen atoms in total. The van der Waals surface area contributed by atoms with E-state index in [2.05, 4.69) is 32.1 Å². The Balaban J connectivity index is 1.52. The molecule has 0 spiro atoms. The molecule has 0 bridgehead atoms. The summed E-state index contributed by atoms with van der Waals surface area (Å²) in [6, 6.07) is 4.17. The van der Waals surface area contributed by atoms with E-state index in [-0.39, 0.29) is 12.1 Å². The summed E-state index contributed by atoms with van der Waals surface area (Å²) in [6.07, 6.45) is 5.28. The molecule has 3 aromatic rings. The lowest BCUT2D eigenvalue weighted by atomic mass is 10.2. The molecule has 4 heterocycles. The normalized spacial score (nSPS) is 13.4. The van der Waals surface area contributed by atoms with Crippen molar-refractivity contribution in [1.82, 2.24) is 24.8 Å². The SMILES string of the molecule is Cc1ncc(C#Cc2cnc3c(c2)N(C(=O)N[C@@H](C)c2ccc(F)cn2)CC3)n1C. The first-order chi connectivity index (χ1) is 14.4. The predicted octanol–water partition coefficient (Wildman–Crippen LogP) is 2.89. The molecule has 8 heteroatoms. The number of fused-ring (bicyclic) bond motifs is 1. The van der Waals surface area contributed by atoms with Crippen molar-refractivity contribution in [2.24, 2.45) is 7.05 Å². The molecule has 1 N–H and O–H groups in total. The van der Waals surface area contributed by atoms with Crippen LogP contribution in [0.15, 0.2) is 36.8 Å². The first kappa shape index (κ1) is 19.6. The number of nitrogens with one attached hydrogen (secondary N) is 1. The van der Waals surface area contributed by atoms with Crippen molar-refractivity contribution in [3.8, 4) is 11.8 Å². The summed E-state index contributed by atoms with van der Waals surface area (Å²) >= 11 is 0. The van der Waals surface area contributed by atoms with E-state index in [9.17, 15) is 9.18 Å². The van der Waals surface area contributed by atoms with Crippen LogP contribution in [-0.2, 0) is 13.5 Å². The summed E-state index contributed by atoms with van der Waals surface area (Å²) in [5, 5.41) is 2.91. The molecule has 0 saturated heterocycles. The van der Waals surface area contributed by atoms with Crippen molar-refractivity contribution in [1.29, 1.82) is 0 Å². The summed E-state index contributed by atoms with van der Waals surface area (Å²) in [5.74, 6) is 6.67. The number of carbonyl (C=O) groups is 1. The lowest BCUT2D eigenvalue weighted by molar-refractivity contribution is 0.243. The first-order valence-electron chi connectivity index (χ1n) is 9.61. The van der Waals surface area contributed by atoms with Gasteiger partial charge in [0.25, 0.3) is 0 Å². The molecule has 30 heavy (non-hydrogen) atoms. The van der Waals surface area contributed by atoms with E-state index < -0.39 is 5.82 Å². The Labute approximate surface area is 174 Å². The second-order valence-corrected chi connectivity index (χ2v) is 7.16. The maximum atomic E-state index is 13.1.